The Balaban J connectivity index is 1.53. The summed E-state index contributed by atoms with van der Waals surface area (Å²) in [4.78, 5) is 50.2. The number of aromatic nitrogens is 1. The van der Waals surface area contributed by atoms with Crippen LogP contribution in [-0.2, 0) is 9.53 Å². The SMILES string of the molecule is CC(=O)NC[C@H]1CN(c2ccc3c(c2)OCCC(C(=O)c2ccno2)C3=O)C(=O)O1. The van der Waals surface area contributed by atoms with Crippen molar-refractivity contribution < 1.29 is 33.2 Å². The van der Waals surface area contributed by atoms with Gasteiger partial charge < -0.3 is 19.3 Å². The first-order valence-electron chi connectivity index (χ1n) is 9.42. The molecule has 0 radical (unpaired) electrons. The lowest BCUT2D eigenvalue weighted by Crippen LogP contribution is -2.33. The van der Waals surface area contributed by atoms with Gasteiger partial charge in [0.1, 0.15) is 11.9 Å². The zero-order chi connectivity index (χ0) is 21.3. The average molecular weight is 413 g/mol. The van der Waals surface area contributed by atoms with E-state index in [-0.39, 0.29) is 49.1 Å². The van der Waals surface area contributed by atoms with Crippen molar-refractivity contribution in [1.29, 1.82) is 0 Å². The maximum Gasteiger partial charge on any atom is 0.414 e. The Labute approximate surface area is 171 Å². The molecular formula is C20H19N3O7. The molecule has 1 unspecified atom stereocenters. The van der Waals surface area contributed by atoms with Gasteiger partial charge >= 0.3 is 6.09 Å². The van der Waals surface area contributed by atoms with Gasteiger partial charge in [0.05, 0.1) is 43.1 Å². The van der Waals surface area contributed by atoms with Crippen LogP contribution in [0.15, 0.2) is 35.0 Å². The maximum absolute atomic E-state index is 13.0. The number of fused-ring (bicyclic) bond motifs is 1. The third-order valence-corrected chi connectivity index (χ3v) is 4.97. The van der Waals surface area contributed by atoms with E-state index < -0.39 is 23.9 Å². The Morgan fingerprint density at radius 3 is 2.83 bits per heavy atom. The molecule has 1 saturated heterocycles. The van der Waals surface area contributed by atoms with Crippen LogP contribution in [0, 0.1) is 5.92 Å². The van der Waals surface area contributed by atoms with Gasteiger partial charge in [0.15, 0.2) is 5.78 Å². The number of cyclic esters (lactones) is 1. The number of benzene rings is 1. The van der Waals surface area contributed by atoms with Crippen molar-refractivity contribution in [3.8, 4) is 5.75 Å². The van der Waals surface area contributed by atoms with E-state index >= 15 is 0 Å². The normalized spacial score (nSPS) is 20.8. The molecule has 0 aliphatic carbocycles. The van der Waals surface area contributed by atoms with Crippen LogP contribution in [0.25, 0.3) is 0 Å². The van der Waals surface area contributed by atoms with Gasteiger partial charge in [0.25, 0.3) is 0 Å². The van der Waals surface area contributed by atoms with Crippen LogP contribution in [0.3, 0.4) is 0 Å². The predicted molar refractivity (Wildman–Crippen MR) is 102 cm³/mol. The standard InChI is InChI=1S/C20H19N3O7/c1-11(24)21-9-13-10-23(20(27)29-13)12-2-3-14-17(8-12)28-7-5-15(18(14)25)19(26)16-4-6-22-30-16/h2-4,6,8,13,15H,5,7,9-10H2,1H3,(H,21,24)/t13-,15?/m0/s1. The number of ketones is 2. The molecule has 1 N–H and O–H groups in total. The summed E-state index contributed by atoms with van der Waals surface area (Å²) in [7, 11) is 0. The monoisotopic (exact) mass is 413 g/mol. The number of hydrogen-bond acceptors (Lipinski definition) is 8. The van der Waals surface area contributed by atoms with E-state index in [0.29, 0.717) is 11.4 Å². The first-order valence-corrected chi connectivity index (χ1v) is 9.42. The number of carbonyl (C=O) groups is 4. The van der Waals surface area contributed by atoms with Crippen LogP contribution in [-0.4, -0.2) is 54.5 Å². The third-order valence-electron chi connectivity index (χ3n) is 4.97. The van der Waals surface area contributed by atoms with Gasteiger partial charge in [0.2, 0.25) is 17.5 Å². The summed E-state index contributed by atoms with van der Waals surface area (Å²) in [5.41, 5.74) is 0.758. The second-order valence-corrected chi connectivity index (χ2v) is 7.03. The number of anilines is 1. The highest BCUT2D eigenvalue weighted by molar-refractivity contribution is 6.16. The van der Waals surface area contributed by atoms with Gasteiger partial charge in [-0.2, -0.15) is 0 Å². The van der Waals surface area contributed by atoms with Crippen LogP contribution in [0.2, 0.25) is 0 Å². The Morgan fingerprint density at radius 1 is 1.27 bits per heavy atom. The van der Waals surface area contributed by atoms with Crippen LogP contribution in [0.5, 0.6) is 5.75 Å². The molecule has 0 spiro atoms. The fraction of sp³-hybridized carbons (Fsp3) is 0.350. The van der Waals surface area contributed by atoms with Gasteiger partial charge in [-0.3, -0.25) is 19.3 Å². The molecule has 2 atom stereocenters. The smallest absolute Gasteiger partial charge is 0.414 e. The summed E-state index contributed by atoms with van der Waals surface area (Å²) in [6.07, 6.45) is 0.516. The van der Waals surface area contributed by atoms with Gasteiger partial charge in [-0.15, -0.1) is 0 Å². The van der Waals surface area contributed by atoms with Crippen molar-refractivity contribution in [2.75, 3.05) is 24.6 Å². The topological polar surface area (TPSA) is 128 Å². The lowest BCUT2D eigenvalue weighted by atomic mass is 9.90. The van der Waals surface area contributed by atoms with Crippen molar-refractivity contribution >= 4 is 29.3 Å². The zero-order valence-corrected chi connectivity index (χ0v) is 16.1. The molecule has 0 bridgehead atoms. The molecule has 1 aromatic carbocycles. The summed E-state index contributed by atoms with van der Waals surface area (Å²) in [6.45, 7) is 2.00. The Morgan fingerprint density at radius 2 is 2.10 bits per heavy atom. The maximum atomic E-state index is 13.0. The fourth-order valence-corrected chi connectivity index (χ4v) is 3.47. The molecule has 2 aromatic rings. The molecule has 4 rings (SSSR count). The molecule has 30 heavy (non-hydrogen) atoms. The first kappa shape index (κ1) is 19.6. The van der Waals surface area contributed by atoms with Crippen molar-refractivity contribution in [3.05, 3.63) is 41.8 Å². The first-order chi connectivity index (χ1) is 14.4. The van der Waals surface area contributed by atoms with E-state index in [4.69, 9.17) is 14.0 Å². The minimum Gasteiger partial charge on any atom is -0.493 e. The third kappa shape index (κ3) is 3.76. The van der Waals surface area contributed by atoms with Crippen LogP contribution >= 0.6 is 0 Å². The van der Waals surface area contributed by atoms with Crippen molar-refractivity contribution in [3.63, 3.8) is 0 Å². The Kier molecular flexibility index (Phi) is 5.21. The fourth-order valence-electron chi connectivity index (χ4n) is 3.47. The second-order valence-electron chi connectivity index (χ2n) is 7.03. The molecule has 3 heterocycles. The molecule has 10 nitrogen and oxygen atoms in total. The largest absolute Gasteiger partial charge is 0.493 e. The number of rotatable bonds is 5. The minimum absolute atomic E-state index is 0.0263. The van der Waals surface area contributed by atoms with Gasteiger partial charge in [-0.05, 0) is 18.6 Å². The average Bonchev–Trinajstić information content (AvgIpc) is 3.35. The Bertz CT molecular complexity index is 1000. The number of nitrogens with zero attached hydrogens (tertiary/aromatic N) is 2. The predicted octanol–water partition coefficient (Wildman–Crippen LogP) is 1.60. The molecule has 10 heteroatoms. The Hall–Kier alpha value is -3.69. The number of ether oxygens (including phenoxy) is 2. The molecule has 1 aromatic heterocycles. The number of carbonyl (C=O) groups excluding carboxylic acids is 4. The van der Waals surface area contributed by atoms with E-state index in [1.165, 1.54) is 30.2 Å². The second kappa shape index (κ2) is 7.97. The van der Waals surface area contributed by atoms with E-state index in [0.717, 1.165) is 0 Å². The van der Waals surface area contributed by atoms with Crippen molar-refractivity contribution in [2.24, 2.45) is 5.92 Å². The summed E-state index contributed by atoms with van der Waals surface area (Å²) < 4.78 is 15.9. The van der Waals surface area contributed by atoms with E-state index in [1.54, 1.807) is 12.1 Å². The zero-order valence-electron chi connectivity index (χ0n) is 16.1. The van der Waals surface area contributed by atoms with Gasteiger partial charge in [-0.25, -0.2) is 4.79 Å². The molecule has 0 saturated carbocycles. The van der Waals surface area contributed by atoms with Crippen LogP contribution < -0.4 is 15.0 Å². The minimum atomic E-state index is -0.927. The van der Waals surface area contributed by atoms with Crippen LogP contribution in [0.1, 0.15) is 34.3 Å². The summed E-state index contributed by atoms with van der Waals surface area (Å²) in [5, 5.41) is 6.13. The molecule has 1 fully saturated rings. The highest BCUT2D eigenvalue weighted by atomic mass is 16.6. The van der Waals surface area contributed by atoms with E-state index in [9.17, 15) is 19.2 Å². The number of nitrogens with one attached hydrogen (secondary N) is 1. The van der Waals surface area contributed by atoms with E-state index in [1.807, 2.05) is 0 Å². The quantitative estimate of drug-likeness (QED) is 0.578. The lowest BCUT2D eigenvalue weighted by Gasteiger charge is -2.16. The molecule has 2 aliphatic rings. The summed E-state index contributed by atoms with van der Waals surface area (Å²) >= 11 is 0. The highest BCUT2D eigenvalue weighted by Gasteiger charge is 2.36. The number of Topliss-reactive ketones (excluding diaryl/α,β-unsaturated/α-hetero) is 2. The molecule has 2 amide bonds. The van der Waals surface area contributed by atoms with Crippen molar-refractivity contribution in [1.82, 2.24) is 10.5 Å². The molecule has 2 aliphatic heterocycles. The van der Waals surface area contributed by atoms with Crippen LogP contribution in [0.4, 0.5) is 10.5 Å². The number of hydrogen-bond donors (Lipinski definition) is 1. The van der Waals surface area contributed by atoms with Gasteiger partial charge in [0, 0.05) is 19.1 Å². The highest BCUT2D eigenvalue weighted by Crippen LogP contribution is 2.33. The lowest BCUT2D eigenvalue weighted by molar-refractivity contribution is -0.119. The molecule has 156 valence electrons. The summed E-state index contributed by atoms with van der Waals surface area (Å²) in [5.74, 6) is -1.63. The number of amides is 2. The van der Waals surface area contributed by atoms with Crippen molar-refractivity contribution in [2.45, 2.75) is 19.4 Å². The van der Waals surface area contributed by atoms with Gasteiger partial charge in [-0.1, -0.05) is 5.16 Å². The molecular weight excluding hydrogens is 394 g/mol. The van der Waals surface area contributed by atoms with E-state index in [2.05, 4.69) is 10.5 Å². The summed E-state index contributed by atoms with van der Waals surface area (Å²) in [6, 6.07) is 6.13.